The molecule has 1 aliphatic rings. The van der Waals surface area contributed by atoms with Crippen LogP contribution < -0.4 is 4.72 Å². The van der Waals surface area contributed by atoms with Crippen molar-refractivity contribution >= 4 is 27.3 Å². The lowest BCUT2D eigenvalue weighted by atomic mass is 9.73. The van der Waals surface area contributed by atoms with E-state index in [0.29, 0.717) is 22.9 Å². The Labute approximate surface area is 147 Å². The summed E-state index contributed by atoms with van der Waals surface area (Å²) < 4.78 is 44.8. The number of aliphatic hydroxyl groups is 1. The molecule has 0 spiro atoms. The summed E-state index contributed by atoms with van der Waals surface area (Å²) in [5.41, 5.74) is -0.627. The average Bonchev–Trinajstić information content (AvgIpc) is 2.46. The fraction of sp³-hybridized carbons (Fsp3) is 0.625. The van der Waals surface area contributed by atoms with E-state index in [1.165, 1.54) is 0 Å². The minimum atomic E-state index is -3.43. The smallest absolute Gasteiger partial charge is 0.296 e. The largest absolute Gasteiger partial charge is 0.598 e. The number of hydrogen-bond acceptors (Lipinski definition) is 3. The first kappa shape index (κ1) is 19.1. The number of nitrogens with one attached hydrogen (secondary N) is 1. The first-order valence-electron chi connectivity index (χ1n) is 7.51. The molecule has 1 aromatic carbocycles. The fourth-order valence-electron chi connectivity index (χ4n) is 2.85. The molecular formula is C16H22BrF2NO2S. The van der Waals surface area contributed by atoms with E-state index in [9.17, 15) is 18.4 Å². The zero-order valence-corrected chi connectivity index (χ0v) is 15.9. The van der Waals surface area contributed by atoms with Crippen LogP contribution in [0.2, 0.25) is 0 Å². The van der Waals surface area contributed by atoms with E-state index in [4.69, 9.17) is 0 Å². The third-order valence-corrected chi connectivity index (χ3v) is 6.32. The molecule has 0 saturated carbocycles. The lowest BCUT2D eigenvalue weighted by molar-refractivity contribution is -0.126. The Hall–Kier alpha value is -0.210. The van der Waals surface area contributed by atoms with Gasteiger partial charge < -0.3 is 9.66 Å². The summed E-state index contributed by atoms with van der Waals surface area (Å²) in [5, 5.41) is 9.32. The lowest BCUT2D eigenvalue weighted by Gasteiger charge is -2.45. The Balaban J connectivity index is 2.60. The van der Waals surface area contributed by atoms with E-state index in [-0.39, 0.29) is 6.42 Å². The molecule has 0 amide bonds. The summed E-state index contributed by atoms with van der Waals surface area (Å²) >= 11 is 1.63. The van der Waals surface area contributed by atoms with Crippen molar-refractivity contribution in [2.75, 3.05) is 6.61 Å². The number of hydrogen-bond donors (Lipinski definition) is 2. The van der Waals surface area contributed by atoms with E-state index >= 15 is 0 Å². The van der Waals surface area contributed by atoms with Gasteiger partial charge in [0.1, 0.15) is 11.4 Å². The first-order chi connectivity index (χ1) is 10.5. The lowest BCUT2D eigenvalue weighted by Crippen LogP contribution is -2.62. The predicted octanol–water partition coefficient (Wildman–Crippen LogP) is 3.66. The Kier molecular flexibility index (Phi) is 5.48. The summed E-state index contributed by atoms with van der Waals surface area (Å²) in [6, 6.07) is 5.26. The third kappa shape index (κ3) is 3.58. The first-order valence-corrected chi connectivity index (χ1v) is 9.45. The predicted molar refractivity (Wildman–Crippen MR) is 91.8 cm³/mol. The van der Waals surface area contributed by atoms with Crippen LogP contribution in [0.5, 0.6) is 0 Å². The summed E-state index contributed by atoms with van der Waals surface area (Å²) in [5.74, 6) is -3.43. The van der Waals surface area contributed by atoms with Crippen LogP contribution >= 0.6 is 15.9 Å². The van der Waals surface area contributed by atoms with E-state index in [2.05, 4.69) is 20.7 Å². The molecule has 2 rings (SSSR count). The Morgan fingerprint density at radius 2 is 2.04 bits per heavy atom. The van der Waals surface area contributed by atoms with E-state index < -0.39 is 34.2 Å². The molecule has 130 valence electrons. The second kappa shape index (κ2) is 6.59. The van der Waals surface area contributed by atoms with Crippen LogP contribution in [0.25, 0.3) is 0 Å². The van der Waals surface area contributed by atoms with Crippen molar-refractivity contribution in [2.45, 2.75) is 56.2 Å². The standard InChI is InChI=1S/C16H22BrF2NO2S/c1-14(2,3)23(22)20-15(16(18,19)10-21)8-4-5-11-6-7-12(17)9-13(11)15/h6-7,9,20-21H,4-5,8,10H2,1-3H3/t15-,23?/m1/s1. The molecule has 2 atom stereocenters. The van der Waals surface area contributed by atoms with Crippen molar-refractivity contribution in [1.82, 2.24) is 4.72 Å². The maximum atomic E-state index is 14.8. The zero-order chi connectivity index (χ0) is 17.5. The van der Waals surface area contributed by atoms with Gasteiger partial charge in [-0.3, -0.25) is 0 Å². The topological polar surface area (TPSA) is 55.3 Å². The summed E-state index contributed by atoms with van der Waals surface area (Å²) in [4.78, 5) is 0. The molecule has 1 aromatic rings. The number of fused-ring (bicyclic) bond motifs is 1. The van der Waals surface area contributed by atoms with Crippen LogP contribution in [-0.2, 0) is 23.3 Å². The molecular weight excluding hydrogens is 388 g/mol. The van der Waals surface area contributed by atoms with Crippen molar-refractivity contribution in [2.24, 2.45) is 0 Å². The highest BCUT2D eigenvalue weighted by atomic mass is 79.9. The second-order valence-corrected chi connectivity index (χ2v) is 9.79. The third-order valence-electron chi connectivity index (χ3n) is 4.18. The van der Waals surface area contributed by atoms with Gasteiger partial charge in [0.25, 0.3) is 5.92 Å². The molecule has 0 aliphatic heterocycles. The minimum Gasteiger partial charge on any atom is -0.598 e. The maximum Gasteiger partial charge on any atom is 0.296 e. The summed E-state index contributed by atoms with van der Waals surface area (Å²) in [6.07, 6.45) is 1.35. The van der Waals surface area contributed by atoms with Crippen LogP contribution in [0.4, 0.5) is 8.78 Å². The number of aryl methyl sites for hydroxylation is 1. The molecule has 2 N–H and O–H groups in total. The Bertz CT molecular complexity index is 580. The number of halogens is 3. The molecule has 3 nitrogen and oxygen atoms in total. The normalized spacial score (nSPS) is 23.5. The van der Waals surface area contributed by atoms with Crippen molar-refractivity contribution < 1.29 is 18.4 Å². The molecule has 1 unspecified atom stereocenters. The van der Waals surface area contributed by atoms with Gasteiger partial charge in [-0.05, 0) is 63.3 Å². The van der Waals surface area contributed by atoms with Crippen LogP contribution in [0.3, 0.4) is 0 Å². The van der Waals surface area contributed by atoms with Crippen LogP contribution in [0.15, 0.2) is 22.7 Å². The molecule has 0 fully saturated rings. The van der Waals surface area contributed by atoms with E-state index in [0.717, 1.165) is 5.56 Å². The highest BCUT2D eigenvalue weighted by Crippen LogP contribution is 2.47. The van der Waals surface area contributed by atoms with Gasteiger partial charge in [-0.15, -0.1) is 4.72 Å². The highest BCUT2D eigenvalue weighted by molar-refractivity contribution is 9.10. The van der Waals surface area contributed by atoms with Gasteiger partial charge in [-0.1, -0.05) is 22.0 Å². The van der Waals surface area contributed by atoms with Crippen molar-refractivity contribution in [3.8, 4) is 0 Å². The summed E-state index contributed by atoms with van der Waals surface area (Å²) in [7, 11) is 0. The van der Waals surface area contributed by atoms with Crippen LogP contribution in [-0.4, -0.2) is 26.9 Å². The van der Waals surface area contributed by atoms with Gasteiger partial charge in [-0.25, -0.2) is 8.78 Å². The monoisotopic (exact) mass is 409 g/mol. The Morgan fingerprint density at radius 1 is 1.39 bits per heavy atom. The molecule has 0 aromatic heterocycles. The van der Waals surface area contributed by atoms with Gasteiger partial charge in [0.15, 0.2) is 5.54 Å². The van der Waals surface area contributed by atoms with E-state index in [1.54, 1.807) is 26.8 Å². The van der Waals surface area contributed by atoms with Gasteiger partial charge in [-0.2, -0.15) is 0 Å². The molecule has 0 radical (unpaired) electrons. The van der Waals surface area contributed by atoms with Gasteiger partial charge in [0, 0.05) is 15.8 Å². The SMILES string of the molecule is CC(C)(C)[S+]([O-])N[C@]1(C(F)(F)CO)CCCc2ccc(Br)cc21. The average molecular weight is 410 g/mol. The fourth-order valence-corrected chi connectivity index (χ4v) is 4.19. The molecule has 0 bridgehead atoms. The zero-order valence-electron chi connectivity index (χ0n) is 13.5. The van der Waals surface area contributed by atoms with Crippen molar-refractivity contribution in [3.63, 3.8) is 0 Å². The Morgan fingerprint density at radius 3 is 2.61 bits per heavy atom. The van der Waals surface area contributed by atoms with Gasteiger partial charge in [0.2, 0.25) is 0 Å². The second-order valence-electron chi connectivity index (χ2n) is 6.91. The van der Waals surface area contributed by atoms with E-state index in [1.807, 2.05) is 12.1 Å². The molecule has 0 heterocycles. The quantitative estimate of drug-likeness (QED) is 0.745. The van der Waals surface area contributed by atoms with Gasteiger partial charge in [0.05, 0.1) is 0 Å². The molecule has 1 aliphatic carbocycles. The van der Waals surface area contributed by atoms with Crippen molar-refractivity contribution in [1.29, 1.82) is 0 Å². The number of rotatable bonds is 4. The summed E-state index contributed by atoms with van der Waals surface area (Å²) in [6.45, 7) is 3.88. The number of aliphatic hydroxyl groups excluding tert-OH is 1. The van der Waals surface area contributed by atoms with Gasteiger partial charge >= 0.3 is 0 Å². The number of benzene rings is 1. The molecule has 7 heteroatoms. The number of alkyl halides is 2. The molecule has 0 saturated heterocycles. The van der Waals surface area contributed by atoms with Crippen LogP contribution in [0.1, 0.15) is 44.7 Å². The maximum absolute atomic E-state index is 14.8. The van der Waals surface area contributed by atoms with Crippen LogP contribution in [0, 0.1) is 0 Å². The molecule has 23 heavy (non-hydrogen) atoms. The highest BCUT2D eigenvalue weighted by Gasteiger charge is 2.59. The van der Waals surface area contributed by atoms with Crippen molar-refractivity contribution in [3.05, 3.63) is 33.8 Å². The minimum absolute atomic E-state index is 0.117.